The highest BCUT2D eigenvalue weighted by molar-refractivity contribution is 5.49. The molecule has 0 saturated heterocycles. The Hall–Kier alpha value is -0.410. The molecular weight excluding hydrogens is 120 g/mol. The van der Waals surface area contributed by atoms with E-state index >= 15 is 0 Å². The number of ether oxygens (including phenoxy) is 2. The summed E-state index contributed by atoms with van der Waals surface area (Å²) in [5.41, 5.74) is 0. The Morgan fingerprint density at radius 1 is 1.44 bits per heavy atom. The molecule has 0 aromatic heterocycles. The van der Waals surface area contributed by atoms with Crippen molar-refractivity contribution in [2.75, 3.05) is 20.0 Å². The average molecular weight is 132 g/mol. The van der Waals surface area contributed by atoms with Crippen LogP contribution in [0.1, 0.15) is 13.3 Å². The fraction of sp³-hybridized carbons (Fsp3) is 0.833. The van der Waals surface area contributed by atoms with Crippen molar-refractivity contribution in [3.63, 3.8) is 0 Å². The number of hydrogen-bond acceptors (Lipinski definition) is 3. The molecule has 0 radical (unpaired) electrons. The van der Waals surface area contributed by atoms with Crippen LogP contribution in [-0.2, 0) is 14.3 Å². The van der Waals surface area contributed by atoms with Crippen LogP contribution in [0.25, 0.3) is 0 Å². The molecule has 0 aliphatic carbocycles. The molecule has 3 heteroatoms. The third kappa shape index (κ3) is 7.59. The van der Waals surface area contributed by atoms with Crippen LogP contribution in [0.2, 0.25) is 0 Å². The first-order valence-electron chi connectivity index (χ1n) is 3.01. The van der Waals surface area contributed by atoms with E-state index in [9.17, 15) is 4.79 Å². The van der Waals surface area contributed by atoms with Crippen molar-refractivity contribution in [2.45, 2.75) is 13.3 Å². The third-order valence-corrected chi connectivity index (χ3v) is 0.751. The summed E-state index contributed by atoms with van der Waals surface area (Å²) < 4.78 is 9.70. The van der Waals surface area contributed by atoms with Gasteiger partial charge in [-0.1, -0.05) is 0 Å². The Bertz CT molecular complexity index is 63.3. The van der Waals surface area contributed by atoms with Crippen LogP contribution in [0, 0.1) is 0 Å². The minimum absolute atomic E-state index is 0.296. The fourth-order valence-electron chi connectivity index (χ4n) is 0.333. The standard InChI is InChI=1S/C6H12O3/c1-2-8-6-9-5-3-4-7/h4H,2-3,5-6H2,1H3. The summed E-state index contributed by atoms with van der Waals surface area (Å²) >= 11 is 0. The second-order valence-electron chi connectivity index (χ2n) is 1.47. The summed E-state index contributed by atoms with van der Waals surface area (Å²) in [6.07, 6.45) is 1.28. The molecule has 0 spiro atoms. The Morgan fingerprint density at radius 2 is 2.22 bits per heavy atom. The lowest BCUT2D eigenvalue weighted by Crippen LogP contribution is -2.00. The molecule has 3 nitrogen and oxygen atoms in total. The third-order valence-electron chi connectivity index (χ3n) is 0.751. The van der Waals surface area contributed by atoms with Gasteiger partial charge in [0.25, 0.3) is 0 Å². The summed E-state index contributed by atoms with van der Waals surface area (Å²) in [4.78, 5) is 9.72. The molecule has 0 saturated carbocycles. The zero-order valence-corrected chi connectivity index (χ0v) is 5.63. The molecule has 0 aromatic carbocycles. The highest BCUT2D eigenvalue weighted by Crippen LogP contribution is 1.79. The van der Waals surface area contributed by atoms with E-state index in [1.165, 1.54) is 0 Å². The van der Waals surface area contributed by atoms with E-state index in [4.69, 9.17) is 9.47 Å². The van der Waals surface area contributed by atoms with Crippen LogP contribution < -0.4 is 0 Å². The Balaban J connectivity index is 2.66. The maximum atomic E-state index is 9.72. The number of rotatable bonds is 6. The highest BCUT2D eigenvalue weighted by atomic mass is 16.7. The van der Waals surface area contributed by atoms with Gasteiger partial charge >= 0.3 is 0 Å². The summed E-state index contributed by atoms with van der Waals surface area (Å²) in [5, 5.41) is 0. The van der Waals surface area contributed by atoms with Crippen LogP contribution in [0.15, 0.2) is 0 Å². The van der Waals surface area contributed by atoms with E-state index in [-0.39, 0.29) is 0 Å². The van der Waals surface area contributed by atoms with Crippen LogP contribution in [0.3, 0.4) is 0 Å². The van der Waals surface area contributed by atoms with Crippen LogP contribution >= 0.6 is 0 Å². The molecular formula is C6H12O3. The van der Waals surface area contributed by atoms with Gasteiger partial charge in [-0.3, -0.25) is 0 Å². The molecule has 0 bridgehead atoms. The van der Waals surface area contributed by atoms with Gasteiger partial charge in [-0.2, -0.15) is 0 Å². The smallest absolute Gasteiger partial charge is 0.146 e. The van der Waals surface area contributed by atoms with Gasteiger partial charge in [0, 0.05) is 13.0 Å². The predicted molar refractivity (Wildman–Crippen MR) is 33.1 cm³/mol. The summed E-state index contributed by atoms with van der Waals surface area (Å²) in [5.74, 6) is 0. The molecule has 0 atom stereocenters. The first-order valence-corrected chi connectivity index (χ1v) is 3.01. The van der Waals surface area contributed by atoms with Gasteiger partial charge in [0.1, 0.15) is 13.1 Å². The van der Waals surface area contributed by atoms with E-state index in [0.717, 1.165) is 6.29 Å². The molecule has 0 aliphatic rings. The SMILES string of the molecule is CCOCOCCC=O. The normalized spacial score (nSPS) is 9.44. The lowest BCUT2D eigenvalue weighted by Gasteiger charge is -1.99. The largest absolute Gasteiger partial charge is 0.356 e. The van der Waals surface area contributed by atoms with Crippen molar-refractivity contribution in [3.8, 4) is 0 Å². The first kappa shape index (κ1) is 8.59. The van der Waals surface area contributed by atoms with Crippen molar-refractivity contribution in [3.05, 3.63) is 0 Å². The summed E-state index contributed by atoms with van der Waals surface area (Å²) in [7, 11) is 0. The van der Waals surface area contributed by atoms with E-state index in [2.05, 4.69) is 0 Å². The average Bonchev–Trinajstić information content (AvgIpc) is 1.89. The van der Waals surface area contributed by atoms with E-state index in [1.54, 1.807) is 0 Å². The fourth-order valence-corrected chi connectivity index (χ4v) is 0.333. The summed E-state index contributed by atoms with van der Waals surface area (Å²) in [6, 6.07) is 0. The second-order valence-corrected chi connectivity index (χ2v) is 1.47. The van der Waals surface area contributed by atoms with Gasteiger partial charge in [-0.25, -0.2) is 0 Å². The minimum atomic E-state index is 0.296. The minimum Gasteiger partial charge on any atom is -0.356 e. The molecule has 9 heavy (non-hydrogen) atoms. The maximum absolute atomic E-state index is 9.72. The number of carbonyl (C=O) groups is 1. The van der Waals surface area contributed by atoms with E-state index in [1.807, 2.05) is 6.92 Å². The van der Waals surface area contributed by atoms with Crippen molar-refractivity contribution in [2.24, 2.45) is 0 Å². The van der Waals surface area contributed by atoms with Crippen molar-refractivity contribution >= 4 is 6.29 Å². The maximum Gasteiger partial charge on any atom is 0.146 e. The molecule has 0 heterocycles. The molecule has 0 unspecified atom stereocenters. The Kier molecular flexibility index (Phi) is 7.24. The van der Waals surface area contributed by atoms with Gasteiger partial charge in [-0.05, 0) is 6.92 Å². The molecule has 0 rings (SSSR count). The monoisotopic (exact) mass is 132 g/mol. The highest BCUT2D eigenvalue weighted by Gasteiger charge is 1.83. The zero-order chi connectivity index (χ0) is 6.95. The van der Waals surface area contributed by atoms with Gasteiger partial charge in [-0.15, -0.1) is 0 Å². The molecule has 0 aromatic rings. The number of carbonyl (C=O) groups excluding carboxylic acids is 1. The topological polar surface area (TPSA) is 35.5 Å². The van der Waals surface area contributed by atoms with Gasteiger partial charge < -0.3 is 14.3 Å². The predicted octanol–water partition coefficient (Wildman–Crippen LogP) is 0.586. The quantitative estimate of drug-likeness (QED) is 0.301. The van der Waals surface area contributed by atoms with Gasteiger partial charge in [0.2, 0.25) is 0 Å². The van der Waals surface area contributed by atoms with Crippen LogP contribution in [0.4, 0.5) is 0 Å². The molecule has 0 amide bonds. The van der Waals surface area contributed by atoms with Crippen molar-refractivity contribution in [1.29, 1.82) is 0 Å². The number of aldehydes is 1. The molecule has 54 valence electrons. The van der Waals surface area contributed by atoms with Gasteiger partial charge in [0.15, 0.2) is 0 Å². The van der Waals surface area contributed by atoms with Crippen molar-refractivity contribution in [1.82, 2.24) is 0 Å². The Labute approximate surface area is 55.0 Å². The number of hydrogen-bond donors (Lipinski definition) is 0. The molecule has 0 fully saturated rings. The van der Waals surface area contributed by atoms with Crippen LogP contribution in [0.5, 0.6) is 0 Å². The summed E-state index contributed by atoms with van der Waals surface area (Å²) in [6.45, 7) is 3.30. The molecule has 0 N–H and O–H groups in total. The Morgan fingerprint density at radius 3 is 2.78 bits per heavy atom. The molecule has 0 aliphatic heterocycles. The van der Waals surface area contributed by atoms with Gasteiger partial charge in [0.05, 0.1) is 6.61 Å². The van der Waals surface area contributed by atoms with Crippen molar-refractivity contribution < 1.29 is 14.3 Å². The zero-order valence-electron chi connectivity index (χ0n) is 5.63. The lowest BCUT2D eigenvalue weighted by molar-refractivity contribution is -0.110. The van der Waals surface area contributed by atoms with Crippen LogP contribution in [-0.4, -0.2) is 26.3 Å². The second kappa shape index (κ2) is 7.59. The van der Waals surface area contributed by atoms with E-state index < -0.39 is 0 Å². The lowest BCUT2D eigenvalue weighted by atomic mass is 10.5. The van der Waals surface area contributed by atoms with E-state index in [0.29, 0.717) is 26.4 Å². The first-order chi connectivity index (χ1) is 4.41.